The summed E-state index contributed by atoms with van der Waals surface area (Å²) in [5, 5.41) is 5.50. The SMILES string of the molecule is CC(C)(C)OC(=O)NCCONC(=O)C1CC2(CC2)C2CN1C(=O)N2. The van der Waals surface area contributed by atoms with Gasteiger partial charge in [-0.05, 0) is 45.4 Å². The van der Waals surface area contributed by atoms with Crippen molar-refractivity contribution in [3.05, 3.63) is 0 Å². The van der Waals surface area contributed by atoms with Gasteiger partial charge in [-0.3, -0.25) is 9.63 Å². The van der Waals surface area contributed by atoms with Crippen LogP contribution < -0.4 is 16.1 Å². The fraction of sp³-hybridized carbons (Fsp3) is 0.812. The highest BCUT2D eigenvalue weighted by Gasteiger charge is 2.60. The third-order valence-corrected chi connectivity index (χ3v) is 4.89. The zero-order valence-electron chi connectivity index (χ0n) is 14.9. The maximum Gasteiger partial charge on any atom is 0.407 e. The lowest BCUT2D eigenvalue weighted by Crippen LogP contribution is -2.52. The van der Waals surface area contributed by atoms with E-state index in [-0.39, 0.29) is 36.5 Å². The Hall–Kier alpha value is -2.03. The predicted molar refractivity (Wildman–Crippen MR) is 87.4 cm³/mol. The number of alkyl carbamates (subject to hydrolysis) is 1. The van der Waals surface area contributed by atoms with Crippen LogP contribution in [0.25, 0.3) is 0 Å². The van der Waals surface area contributed by atoms with Gasteiger partial charge < -0.3 is 20.3 Å². The summed E-state index contributed by atoms with van der Waals surface area (Å²) in [6.45, 7) is 6.22. The van der Waals surface area contributed by atoms with Crippen molar-refractivity contribution in [3.8, 4) is 0 Å². The first kappa shape index (κ1) is 17.8. The minimum absolute atomic E-state index is 0.0862. The van der Waals surface area contributed by atoms with Crippen molar-refractivity contribution < 1.29 is 24.0 Å². The topological polar surface area (TPSA) is 109 Å². The molecule has 9 heteroatoms. The number of carbonyl (C=O) groups excluding carboxylic acids is 3. The largest absolute Gasteiger partial charge is 0.444 e. The van der Waals surface area contributed by atoms with Gasteiger partial charge in [0.2, 0.25) is 0 Å². The van der Waals surface area contributed by atoms with Gasteiger partial charge in [0.15, 0.2) is 0 Å². The second-order valence-electron chi connectivity index (χ2n) is 7.98. The molecule has 9 nitrogen and oxygen atoms in total. The molecule has 25 heavy (non-hydrogen) atoms. The van der Waals surface area contributed by atoms with Gasteiger partial charge in [0.1, 0.15) is 11.6 Å². The van der Waals surface area contributed by atoms with Crippen molar-refractivity contribution in [2.45, 2.75) is 57.7 Å². The molecule has 3 aliphatic rings. The fourth-order valence-electron chi connectivity index (χ4n) is 3.47. The molecule has 3 N–H and O–H groups in total. The Labute approximate surface area is 146 Å². The fourth-order valence-corrected chi connectivity index (χ4v) is 3.47. The minimum Gasteiger partial charge on any atom is -0.444 e. The highest BCUT2D eigenvalue weighted by molar-refractivity contribution is 5.88. The summed E-state index contributed by atoms with van der Waals surface area (Å²) in [6.07, 6.45) is 2.24. The Morgan fingerprint density at radius 1 is 1.36 bits per heavy atom. The number of amides is 4. The van der Waals surface area contributed by atoms with Crippen LogP contribution in [0, 0.1) is 5.41 Å². The van der Waals surface area contributed by atoms with Crippen LogP contribution in [0.1, 0.15) is 40.0 Å². The molecule has 3 rings (SSSR count). The van der Waals surface area contributed by atoms with Crippen LogP contribution in [0.4, 0.5) is 9.59 Å². The van der Waals surface area contributed by atoms with Crippen molar-refractivity contribution in [2.24, 2.45) is 5.41 Å². The molecule has 2 aliphatic heterocycles. The molecule has 0 aromatic rings. The summed E-state index contributed by atoms with van der Waals surface area (Å²) in [4.78, 5) is 42.5. The van der Waals surface area contributed by atoms with Crippen molar-refractivity contribution in [2.75, 3.05) is 19.7 Å². The number of piperidine rings is 1. The first-order valence-corrected chi connectivity index (χ1v) is 8.66. The average molecular weight is 354 g/mol. The molecular formula is C16H26N4O5. The highest BCUT2D eigenvalue weighted by Crippen LogP contribution is 2.56. The van der Waals surface area contributed by atoms with Crippen LogP contribution >= 0.6 is 0 Å². The third kappa shape index (κ3) is 3.97. The summed E-state index contributed by atoms with van der Waals surface area (Å²) in [5.74, 6) is -0.320. The van der Waals surface area contributed by atoms with E-state index in [2.05, 4.69) is 16.1 Å². The molecule has 0 radical (unpaired) electrons. The highest BCUT2D eigenvalue weighted by atomic mass is 16.7. The summed E-state index contributed by atoms with van der Waals surface area (Å²) in [5.41, 5.74) is 1.91. The molecule has 1 aliphatic carbocycles. The maximum atomic E-state index is 12.4. The van der Waals surface area contributed by atoms with Gasteiger partial charge in [-0.25, -0.2) is 15.1 Å². The number of fused-ring (bicyclic) bond motifs is 3. The van der Waals surface area contributed by atoms with E-state index in [0.29, 0.717) is 13.0 Å². The zero-order valence-corrected chi connectivity index (χ0v) is 14.9. The van der Waals surface area contributed by atoms with Crippen LogP contribution in [0.2, 0.25) is 0 Å². The molecule has 1 saturated carbocycles. The monoisotopic (exact) mass is 354 g/mol. The quantitative estimate of drug-likeness (QED) is 0.492. The van der Waals surface area contributed by atoms with E-state index >= 15 is 0 Å². The van der Waals surface area contributed by atoms with E-state index in [1.54, 1.807) is 25.7 Å². The van der Waals surface area contributed by atoms with Crippen LogP contribution in [0.15, 0.2) is 0 Å². The van der Waals surface area contributed by atoms with E-state index < -0.39 is 17.7 Å². The van der Waals surface area contributed by atoms with Crippen LogP contribution in [-0.4, -0.2) is 60.3 Å². The molecule has 1 spiro atoms. The Morgan fingerprint density at radius 2 is 2.08 bits per heavy atom. The number of nitrogens with zero attached hydrogens (tertiary/aromatic N) is 1. The van der Waals surface area contributed by atoms with E-state index in [9.17, 15) is 14.4 Å². The van der Waals surface area contributed by atoms with Gasteiger partial charge in [0.05, 0.1) is 12.6 Å². The van der Waals surface area contributed by atoms with Crippen molar-refractivity contribution in [1.82, 2.24) is 21.0 Å². The van der Waals surface area contributed by atoms with E-state index in [1.165, 1.54) is 0 Å². The molecule has 3 fully saturated rings. The number of carbonyl (C=O) groups is 3. The molecule has 0 aromatic heterocycles. The summed E-state index contributed by atoms with van der Waals surface area (Å²) < 4.78 is 5.09. The molecule has 4 amide bonds. The number of nitrogens with one attached hydrogen (secondary N) is 3. The number of hydrogen-bond acceptors (Lipinski definition) is 5. The van der Waals surface area contributed by atoms with E-state index in [1.807, 2.05) is 0 Å². The van der Waals surface area contributed by atoms with Gasteiger partial charge in [-0.15, -0.1) is 0 Å². The van der Waals surface area contributed by atoms with Gasteiger partial charge in [-0.2, -0.15) is 0 Å². The van der Waals surface area contributed by atoms with Crippen molar-refractivity contribution in [3.63, 3.8) is 0 Å². The lowest BCUT2D eigenvalue weighted by Gasteiger charge is -2.35. The number of hydroxylamine groups is 1. The average Bonchev–Trinajstić information content (AvgIpc) is 3.19. The Morgan fingerprint density at radius 3 is 2.72 bits per heavy atom. The second-order valence-corrected chi connectivity index (χ2v) is 7.98. The molecule has 140 valence electrons. The van der Waals surface area contributed by atoms with Gasteiger partial charge in [0.25, 0.3) is 5.91 Å². The number of ether oxygens (including phenoxy) is 1. The van der Waals surface area contributed by atoms with Crippen molar-refractivity contribution in [1.29, 1.82) is 0 Å². The van der Waals surface area contributed by atoms with E-state index in [4.69, 9.17) is 9.57 Å². The Kier molecular flexibility index (Phi) is 4.52. The van der Waals surface area contributed by atoms with Crippen LogP contribution in [-0.2, 0) is 14.4 Å². The van der Waals surface area contributed by atoms with Crippen LogP contribution in [0.5, 0.6) is 0 Å². The van der Waals surface area contributed by atoms with Gasteiger partial charge in [-0.1, -0.05) is 0 Å². The lowest BCUT2D eigenvalue weighted by atomic mass is 9.85. The molecule has 2 bridgehead atoms. The van der Waals surface area contributed by atoms with Gasteiger partial charge >= 0.3 is 12.1 Å². The molecule has 2 unspecified atom stereocenters. The van der Waals surface area contributed by atoms with Crippen molar-refractivity contribution >= 4 is 18.0 Å². The first-order valence-electron chi connectivity index (χ1n) is 8.66. The summed E-state index contributed by atoms with van der Waals surface area (Å²) in [6, 6.07) is -0.511. The normalized spacial score (nSPS) is 26.2. The Balaban J connectivity index is 1.38. The zero-order chi connectivity index (χ0) is 18.2. The molecule has 0 aromatic carbocycles. The lowest BCUT2D eigenvalue weighted by molar-refractivity contribution is -0.139. The van der Waals surface area contributed by atoms with E-state index in [0.717, 1.165) is 12.8 Å². The maximum absolute atomic E-state index is 12.4. The summed E-state index contributed by atoms with van der Waals surface area (Å²) in [7, 11) is 0. The number of rotatable bonds is 5. The Bertz CT molecular complexity index is 569. The summed E-state index contributed by atoms with van der Waals surface area (Å²) >= 11 is 0. The third-order valence-electron chi connectivity index (χ3n) is 4.89. The predicted octanol–water partition coefficient (Wildman–Crippen LogP) is 0.505. The smallest absolute Gasteiger partial charge is 0.407 e. The number of hydrogen-bond donors (Lipinski definition) is 3. The molecular weight excluding hydrogens is 328 g/mol. The standard InChI is InChI=1S/C16H26N4O5/c1-15(2,3)25-14(23)17-6-7-24-19-12(21)10-8-16(4-5-16)11-9-20(10)13(22)18-11/h10-11H,4-9H2,1-3H3,(H,17,23)(H,18,22)(H,19,21). The number of urea groups is 1. The molecule has 2 saturated heterocycles. The molecule has 2 heterocycles. The molecule has 2 atom stereocenters. The van der Waals surface area contributed by atoms with Gasteiger partial charge in [0, 0.05) is 13.1 Å². The minimum atomic E-state index is -0.562. The first-order chi connectivity index (χ1) is 11.7. The second kappa shape index (κ2) is 6.36. The van der Waals surface area contributed by atoms with Crippen LogP contribution in [0.3, 0.4) is 0 Å².